The van der Waals surface area contributed by atoms with Crippen molar-refractivity contribution >= 4 is 56.4 Å². The molecular formula is C23H18ClN2O2SSi. The minimum absolute atomic E-state index is 0.0387. The second-order valence-electron chi connectivity index (χ2n) is 7.22. The van der Waals surface area contributed by atoms with Gasteiger partial charge in [0.15, 0.2) is 0 Å². The maximum Gasteiger partial charge on any atom is 0.256 e. The molecule has 0 spiro atoms. The van der Waals surface area contributed by atoms with Crippen molar-refractivity contribution in [3.05, 3.63) is 87.5 Å². The van der Waals surface area contributed by atoms with Crippen LogP contribution < -0.4 is 5.32 Å². The molecule has 3 radical (unpaired) electrons. The number of amides is 2. The van der Waals surface area contributed by atoms with E-state index in [4.69, 9.17) is 23.8 Å². The zero-order chi connectivity index (χ0) is 21.3. The van der Waals surface area contributed by atoms with Crippen LogP contribution in [0, 0.1) is 0 Å². The van der Waals surface area contributed by atoms with Gasteiger partial charge in [0, 0.05) is 56.5 Å². The third kappa shape index (κ3) is 4.17. The number of anilines is 1. The molecule has 2 aliphatic rings. The van der Waals surface area contributed by atoms with Crippen LogP contribution in [0.3, 0.4) is 0 Å². The van der Waals surface area contributed by atoms with Crippen molar-refractivity contribution in [2.45, 2.75) is 25.6 Å². The Morgan fingerprint density at radius 1 is 1.20 bits per heavy atom. The number of thiocarbonyl (C=S) groups is 1. The Morgan fingerprint density at radius 2 is 1.97 bits per heavy atom. The van der Waals surface area contributed by atoms with E-state index >= 15 is 0 Å². The maximum atomic E-state index is 12.9. The molecule has 0 unspecified atom stereocenters. The molecule has 4 nitrogen and oxygen atoms in total. The molecule has 0 aromatic heterocycles. The number of carbonyl (C=O) groups excluding carboxylic acids is 2. The molecule has 0 bridgehead atoms. The summed E-state index contributed by atoms with van der Waals surface area (Å²) in [5, 5.41) is 3.42. The van der Waals surface area contributed by atoms with Gasteiger partial charge in [0.2, 0.25) is 0 Å². The quantitative estimate of drug-likeness (QED) is 0.547. The largest absolute Gasteiger partial charge is 0.330 e. The Morgan fingerprint density at radius 3 is 2.77 bits per heavy atom. The van der Waals surface area contributed by atoms with Gasteiger partial charge in [-0.2, -0.15) is 0 Å². The first-order valence-corrected chi connectivity index (χ1v) is 11.0. The number of benzene rings is 2. The molecule has 2 amide bonds. The molecule has 0 saturated carbocycles. The normalized spacial score (nSPS) is 15.6. The summed E-state index contributed by atoms with van der Waals surface area (Å²) in [6.45, 7) is 0.948. The minimum Gasteiger partial charge on any atom is -0.330 e. The Labute approximate surface area is 189 Å². The van der Waals surface area contributed by atoms with Gasteiger partial charge in [0.25, 0.3) is 11.8 Å². The lowest BCUT2D eigenvalue weighted by Crippen LogP contribution is -2.23. The molecule has 4 rings (SSSR count). The molecule has 2 aromatic rings. The van der Waals surface area contributed by atoms with E-state index in [0.29, 0.717) is 46.2 Å². The third-order valence-electron chi connectivity index (χ3n) is 5.17. The second kappa shape index (κ2) is 8.68. The van der Waals surface area contributed by atoms with E-state index < -0.39 is 0 Å². The fourth-order valence-electron chi connectivity index (χ4n) is 3.65. The number of carbonyl (C=O) groups is 2. The van der Waals surface area contributed by atoms with E-state index in [-0.39, 0.29) is 11.8 Å². The summed E-state index contributed by atoms with van der Waals surface area (Å²) < 4.78 is 0. The number of halogens is 1. The fraction of sp³-hybridized carbons (Fsp3) is 0.174. The molecule has 7 heteroatoms. The number of rotatable bonds is 5. The van der Waals surface area contributed by atoms with Gasteiger partial charge in [-0.05, 0) is 29.8 Å². The highest BCUT2D eigenvalue weighted by Crippen LogP contribution is 2.31. The molecular weight excluding hydrogens is 432 g/mol. The van der Waals surface area contributed by atoms with Crippen LogP contribution >= 0.6 is 23.8 Å². The van der Waals surface area contributed by atoms with Crippen molar-refractivity contribution < 1.29 is 9.59 Å². The van der Waals surface area contributed by atoms with E-state index in [9.17, 15) is 9.59 Å². The minimum atomic E-state index is -0.310. The van der Waals surface area contributed by atoms with Crippen LogP contribution in [0.4, 0.5) is 5.69 Å². The molecule has 0 atom stereocenters. The lowest BCUT2D eigenvalue weighted by atomic mass is 10.0. The highest BCUT2D eigenvalue weighted by atomic mass is 35.5. The fourth-order valence-corrected chi connectivity index (χ4v) is 4.29. The lowest BCUT2D eigenvalue weighted by Gasteiger charge is -2.17. The topological polar surface area (TPSA) is 49.4 Å². The number of nitrogens with zero attached hydrogens (tertiary/aromatic N) is 1. The zero-order valence-corrected chi connectivity index (χ0v) is 18.6. The number of allylic oxidation sites excluding steroid dienone is 3. The van der Waals surface area contributed by atoms with Gasteiger partial charge >= 0.3 is 0 Å². The first kappa shape index (κ1) is 20.7. The first-order chi connectivity index (χ1) is 14.5. The number of hydrogen-bond donors (Lipinski definition) is 1. The SMILES string of the molecule is O=C(Nc1cccc2c1CN(Cc1cccc(C[Si])c1)C2=O)C1=CC(Cl)=CCC1=S. The molecule has 0 fully saturated rings. The molecule has 30 heavy (non-hydrogen) atoms. The van der Waals surface area contributed by atoms with Crippen molar-refractivity contribution in [3.63, 3.8) is 0 Å². The van der Waals surface area contributed by atoms with E-state index in [0.717, 1.165) is 22.7 Å². The molecule has 1 heterocycles. The van der Waals surface area contributed by atoms with Crippen LogP contribution in [0.2, 0.25) is 0 Å². The van der Waals surface area contributed by atoms with Gasteiger partial charge in [0.1, 0.15) is 0 Å². The van der Waals surface area contributed by atoms with Gasteiger partial charge in [-0.15, -0.1) is 0 Å². The van der Waals surface area contributed by atoms with Gasteiger partial charge in [-0.3, -0.25) is 9.59 Å². The average Bonchev–Trinajstić information content (AvgIpc) is 3.06. The first-order valence-electron chi connectivity index (χ1n) is 9.51. The summed E-state index contributed by atoms with van der Waals surface area (Å²) in [5.74, 6) is -0.349. The van der Waals surface area contributed by atoms with Crippen LogP contribution in [0.25, 0.3) is 0 Å². The summed E-state index contributed by atoms with van der Waals surface area (Å²) in [7, 11) is 3.52. The average molecular weight is 450 g/mol. The summed E-state index contributed by atoms with van der Waals surface area (Å²) in [4.78, 5) is 28.1. The van der Waals surface area contributed by atoms with Gasteiger partial charge in [-0.1, -0.05) is 65.8 Å². The van der Waals surface area contributed by atoms with Crippen molar-refractivity contribution in [1.82, 2.24) is 4.90 Å². The van der Waals surface area contributed by atoms with E-state index in [1.54, 1.807) is 29.2 Å². The van der Waals surface area contributed by atoms with E-state index in [1.165, 1.54) is 0 Å². The predicted molar refractivity (Wildman–Crippen MR) is 124 cm³/mol. The molecule has 0 saturated heterocycles. The van der Waals surface area contributed by atoms with Crippen LogP contribution in [-0.2, 0) is 23.9 Å². The molecule has 1 aliphatic heterocycles. The zero-order valence-electron chi connectivity index (χ0n) is 16.1. The summed E-state index contributed by atoms with van der Waals surface area (Å²) in [6, 6.07) is 14.3. The highest BCUT2D eigenvalue weighted by molar-refractivity contribution is 7.81. The van der Waals surface area contributed by atoms with Crippen molar-refractivity contribution in [1.29, 1.82) is 0 Å². The van der Waals surface area contributed by atoms with Crippen molar-refractivity contribution in [3.8, 4) is 0 Å². The lowest BCUT2D eigenvalue weighted by molar-refractivity contribution is -0.112. The molecule has 1 aliphatic carbocycles. The molecule has 2 aromatic carbocycles. The van der Waals surface area contributed by atoms with Crippen LogP contribution in [0.5, 0.6) is 0 Å². The van der Waals surface area contributed by atoms with Crippen molar-refractivity contribution in [2.75, 3.05) is 5.32 Å². The Balaban J connectivity index is 1.55. The molecule has 1 N–H and O–H groups in total. The highest BCUT2D eigenvalue weighted by Gasteiger charge is 2.30. The molecule has 149 valence electrons. The third-order valence-corrected chi connectivity index (χ3v) is 6.23. The summed E-state index contributed by atoms with van der Waals surface area (Å²) in [5.41, 5.74) is 4.67. The van der Waals surface area contributed by atoms with Crippen molar-refractivity contribution in [2.24, 2.45) is 0 Å². The second-order valence-corrected chi connectivity index (χ2v) is 8.50. The van der Waals surface area contributed by atoms with Crippen LogP contribution in [0.1, 0.15) is 33.5 Å². The van der Waals surface area contributed by atoms with E-state index in [2.05, 4.69) is 21.6 Å². The van der Waals surface area contributed by atoms with Gasteiger partial charge < -0.3 is 10.2 Å². The Bertz CT molecular complexity index is 1130. The van der Waals surface area contributed by atoms with Gasteiger partial charge in [0.05, 0.1) is 5.57 Å². The van der Waals surface area contributed by atoms with Crippen LogP contribution in [0.15, 0.2) is 65.2 Å². The maximum absolute atomic E-state index is 12.9. The number of fused-ring (bicyclic) bond motifs is 1. The van der Waals surface area contributed by atoms with E-state index in [1.807, 2.05) is 24.3 Å². The van der Waals surface area contributed by atoms with Crippen LogP contribution in [-0.4, -0.2) is 31.8 Å². The van der Waals surface area contributed by atoms with Gasteiger partial charge in [-0.25, -0.2) is 0 Å². The smallest absolute Gasteiger partial charge is 0.256 e. The monoisotopic (exact) mass is 449 g/mol. The number of nitrogens with one attached hydrogen (secondary N) is 1. The number of hydrogen-bond acceptors (Lipinski definition) is 3. The summed E-state index contributed by atoms with van der Waals surface area (Å²) >= 11 is 11.3. The summed E-state index contributed by atoms with van der Waals surface area (Å²) in [6.07, 6.45) is 3.84. The Hall–Kier alpha value is -2.54. The predicted octanol–water partition coefficient (Wildman–Crippen LogP) is 4.27. The standard InChI is InChI=1S/C23H18ClN2O2SSi/c24-16-7-8-21(29)18(10-16)22(27)25-20-6-2-5-17-19(20)12-26(23(17)28)11-14-3-1-4-15(9-14)13-30/h1-7,9-10H,8,11-13H2,(H,25,27). The Kier molecular flexibility index (Phi) is 5.99.